The van der Waals surface area contributed by atoms with Gasteiger partial charge in [-0.15, -0.1) is 0 Å². The first-order valence-electron chi connectivity index (χ1n) is 7.81. The Balaban J connectivity index is 1.46. The van der Waals surface area contributed by atoms with E-state index in [1.54, 1.807) is 7.11 Å². The van der Waals surface area contributed by atoms with Gasteiger partial charge in [-0.05, 0) is 37.5 Å². The summed E-state index contributed by atoms with van der Waals surface area (Å²) in [5.74, 6) is 0. The molecule has 2 atom stereocenters. The van der Waals surface area contributed by atoms with Gasteiger partial charge in [0.2, 0.25) is 0 Å². The highest BCUT2D eigenvalue weighted by atomic mass is 16.5. The molecule has 0 bridgehead atoms. The van der Waals surface area contributed by atoms with Crippen molar-refractivity contribution in [2.24, 2.45) is 5.41 Å². The molecule has 0 aromatic carbocycles. The molecule has 1 heterocycles. The molecule has 2 rings (SSSR count). The summed E-state index contributed by atoms with van der Waals surface area (Å²) in [5.41, 5.74) is 0.425. The van der Waals surface area contributed by atoms with Crippen LogP contribution in [0.5, 0.6) is 0 Å². The van der Waals surface area contributed by atoms with Gasteiger partial charge >= 0.3 is 0 Å². The topological polar surface area (TPSA) is 60.0 Å². The summed E-state index contributed by atoms with van der Waals surface area (Å²) in [7, 11) is 1.75. The van der Waals surface area contributed by atoms with Crippen molar-refractivity contribution in [1.29, 1.82) is 0 Å². The highest BCUT2D eigenvalue weighted by molar-refractivity contribution is 4.94. The van der Waals surface area contributed by atoms with E-state index in [0.29, 0.717) is 25.2 Å². The van der Waals surface area contributed by atoms with Crippen LogP contribution in [-0.4, -0.2) is 63.9 Å². The monoisotopic (exact) mass is 287 g/mol. The molecule has 1 aliphatic heterocycles. The SMILES string of the molecule is COCCC1(CNCC(O)COCC2CCCO2)CC1. The minimum atomic E-state index is -0.436. The minimum absolute atomic E-state index is 0.235. The summed E-state index contributed by atoms with van der Waals surface area (Å²) < 4.78 is 16.1. The van der Waals surface area contributed by atoms with E-state index in [0.717, 1.165) is 39.0 Å². The molecule has 0 radical (unpaired) electrons. The van der Waals surface area contributed by atoms with Crippen LogP contribution in [0.2, 0.25) is 0 Å². The first-order chi connectivity index (χ1) is 9.74. The predicted octanol–water partition coefficient (Wildman–Crippen LogP) is 0.949. The van der Waals surface area contributed by atoms with E-state index in [1.165, 1.54) is 12.8 Å². The van der Waals surface area contributed by atoms with Crippen LogP contribution in [0.25, 0.3) is 0 Å². The molecule has 5 nitrogen and oxygen atoms in total. The fourth-order valence-corrected chi connectivity index (χ4v) is 2.68. The highest BCUT2D eigenvalue weighted by Gasteiger charge is 2.41. The quantitative estimate of drug-likeness (QED) is 0.592. The van der Waals surface area contributed by atoms with Crippen LogP contribution in [0.1, 0.15) is 32.1 Å². The van der Waals surface area contributed by atoms with Gasteiger partial charge in [-0.2, -0.15) is 0 Å². The smallest absolute Gasteiger partial charge is 0.0897 e. The lowest BCUT2D eigenvalue weighted by Gasteiger charge is -2.18. The number of aliphatic hydroxyl groups is 1. The third kappa shape index (κ3) is 5.66. The summed E-state index contributed by atoms with van der Waals surface area (Å²) >= 11 is 0. The number of rotatable bonds is 11. The largest absolute Gasteiger partial charge is 0.389 e. The van der Waals surface area contributed by atoms with Crippen molar-refractivity contribution >= 4 is 0 Å². The van der Waals surface area contributed by atoms with Gasteiger partial charge in [0.15, 0.2) is 0 Å². The number of nitrogens with one attached hydrogen (secondary N) is 1. The fraction of sp³-hybridized carbons (Fsp3) is 1.00. The molecule has 5 heteroatoms. The number of methoxy groups -OCH3 is 1. The van der Waals surface area contributed by atoms with E-state index in [1.807, 2.05) is 0 Å². The summed E-state index contributed by atoms with van der Waals surface area (Å²) in [6.45, 7) is 4.24. The molecule has 2 aliphatic rings. The van der Waals surface area contributed by atoms with Gasteiger partial charge in [-0.1, -0.05) is 0 Å². The van der Waals surface area contributed by atoms with Crippen LogP contribution in [-0.2, 0) is 14.2 Å². The van der Waals surface area contributed by atoms with Crippen LogP contribution in [0.4, 0.5) is 0 Å². The molecule has 2 unspecified atom stereocenters. The van der Waals surface area contributed by atoms with Gasteiger partial charge in [0.1, 0.15) is 0 Å². The molecule has 118 valence electrons. The first-order valence-corrected chi connectivity index (χ1v) is 7.81. The summed E-state index contributed by atoms with van der Waals surface area (Å²) in [6.07, 6.45) is 5.66. The number of aliphatic hydroxyl groups excluding tert-OH is 1. The molecule has 1 saturated carbocycles. The maximum absolute atomic E-state index is 9.86. The van der Waals surface area contributed by atoms with Gasteiger partial charge in [0, 0.05) is 33.4 Å². The molecule has 1 saturated heterocycles. The Hall–Kier alpha value is -0.200. The second kappa shape index (κ2) is 8.29. The molecule has 20 heavy (non-hydrogen) atoms. The van der Waals surface area contributed by atoms with Crippen molar-refractivity contribution in [3.8, 4) is 0 Å². The maximum Gasteiger partial charge on any atom is 0.0897 e. The average Bonchev–Trinajstić information content (AvgIpc) is 3.01. The molecular formula is C15H29NO4. The van der Waals surface area contributed by atoms with Crippen molar-refractivity contribution < 1.29 is 19.3 Å². The van der Waals surface area contributed by atoms with Crippen molar-refractivity contribution in [3.63, 3.8) is 0 Å². The molecule has 0 spiro atoms. The van der Waals surface area contributed by atoms with Crippen LogP contribution >= 0.6 is 0 Å². The average molecular weight is 287 g/mol. The Morgan fingerprint density at radius 1 is 1.45 bits per heavy atom. The van der Waals surface area contributed by atoms with E-state index in [9.17, 15) is 5.11 Å². The predicted molar refractivity (Wildman–Crippen MR) is 76.8 cm³/mol. The lowest BCUT2D eigenvalue weighted by molar-refractivity contribution is -0.0166. The Bertz CT molecular complexity index is 265. The first kappa shape index (κ1) is 16.2. The third-order valence-electron chi connectivity index (χ3n) is 4.31. The van der Waals surface area contributed by atoms with Crippen molar-refractivity contribution in [2.75, 3.05) is 46.6 Å². The molecule has 1 aliphatic carbocycles. The third-order valence-corrected chi connectivity index (χ3v) is 4.31. The van der Waals surface area contributed by atoms with Gasteiger partial charge in [-0.25, -0.2) is 0 Å². The Morgan fingerprint density at radius 3 is 2.95 bits per heavy atom. The van der Waals surface area contributed by atoms with Crippen LogP contribution in [0.3, 0.4) is 0 Å². The van der Waals surface area contributed by atoms with Gasteiger partial charge in [-0.3, -0.25) is 0 Å². The van der Waals surface area contributed by atoms with E-state index >= 15 is 0 Å². The summed E-state index contributed by atoms with van der Waals surface area (Å²) in [6, 6.07) is 0. The second-order valence-corrected chi connectivity index (χ2v) is 6.20. The molecule has 2 fully saturated rings. The number of hydrogen-bond acceptors (Lipinski definition) is 5. The second-order valence-electron chi connectivity index (χ2n) is 6.20. The fourth-order valence-electron chi connectivity index (χ4n) is 2.68. The van der Waals surface area contributed by atoms with Crippen molar-refractivity contribution in [1.82, 2.24) is 5.32 Å². The normalized spacial score (nSPS) is 25.8. The lowest BCUT2D eigenvalue weighted by atomic mass is 10.0. The summed E-state index contributed by atoms with van der Waals surface area (Å²) in [4.78, 5) is 0. The van der Waals surface area contributed by atoms with Gasteiger partial charge in [0.05, 0.1) is 25.4 Å². The number of ether oxygens (including phenoxy) is 3. The van der Waals surface area contributed by atoms with Crippen LogP contribution < -0.4 is 5.32 Å². The zero-order chi connectivity index (χ0) is 14.3. The maximum atomic E-state index is 9.86. The summed E-state index contributed by atoms with van der Waals surface area (Å²) in [5, 5.41) is 13.2. The molecule has 0 amide bonds. The van der Waals surface area contributed by atoms with Crippen molar-refractivity contribution in [2.45, 2.75) is 44.3 Å². The zero-order valence-electron chi connectivity index (χ0n) is 12.6. The number of hydrogen-bond donors (Lipinski definition) is 2. The molecule has 2 N–H and O–H groups in total. The van der Waals surface area contributed by atoms with Gasteiger partial charge < -0.3 is 24.6 Å². The van der Waals surface area contributed by atoms with E-state index in [4.69, 9.17) is 14.2 Å². The van der Waals surface area contributed by atoms with E-state index < -0.39 is 6.10 Å². The molecular weight excluding hydrogens is 258 g/mol. The lowest BCUT2D eigenvalue weighted by Crippen LogP contribution is -2.35. The zero-order valence-corrected chi connectivity index (χ0v) is 12.6. The standard InChI is InChI=1S/C15H29NO4/c1-18-8-6-15(4-5-15)12-16-9-13(17)10-19-11-14-3-2-7-20-14/h13-14,16-17H,2-12H2,1H3. The van der Waals surface area contributed by atoms with Crippen LogP contribution in [0.15, 0.2) is 0 Å². The van der Waals surface area contributed by atoms with E-state index in [-0.39, 0.29) is 6.10 Å². The molecule has 0 aromatic heterocycles. The Morgan fingerprint density at radius 2 is 2.30 bits per heavy atom. The van der Waals surface area contributed by atoms with Gasteiger partial charge in [0.25, 0.3) is 0 Å². The Labute approximate surface area is 122 Å². The van der Waals surface area contributed by atoms with Crippen LogP contribution in [0, 0.1) is 5.41 Å². The molecule has 0 aromatic rings. The van der Waals surface area contributed by atoms with Crippen molar-refractivity contribution in [3.05, 3.63) is 0 Å². The van der Waals surface area contributed by atoms with E-state index in [2.05, 4.69) is 5.32 Å². The highest BCUT2D eigenvalue weighted by Crippen LogP contribution is 2.48. The minimum Gasteiger partial charge on any atom is -0.389 e. The Kier molecular flexibility index (Phi) is 6.71.